The fourth-order valence-electron chi connectivity index (χ4n) is 3.53. The summed E-state index contributed by atoms with van der Waals surface area (Å²) in [7, 11) is 1.68. The Bertz CT molecular complexity index is 932. The second-order valence-electron chi connectivity index (χ2n) is 5.95. The third kappa shape index (κ3) is 2.04. The molecule has 0 saturated carbocycles. The van der Waals surface area contributed by atoms with E-state index in [0.29, 0.717) is 5.56 Å². The van der Waals surface area contributed by atoms with Gasteiger partial charge in [0, 0.05) is 36.0 Å². The predicted octanol–water partition coefficient (Wildman–Crippen LogP) is 2.41. The van der Waals surface area contributed by atoms with Gasteiger partial charge in [-0.05, 0) is 18.3 Å². The number of carbonyl (C=O) groups excluding carboxylic acids is 1. The Balaban J connectivity index is 1.92. The number of para-hydroxylation sites is 1. The van der Waals surface area contributed by atoms with Gasteiger partial charge in [-0.25, -0.2) is 0 Å². The van der Waals surface area contributed by atoms with Gasteiger partial charge in [0.2, 0.25) is 0 Å². The van der Waals surface area contributed by atoms with E-state index in [4.69, 9.17) is 17.0 Å². The van der Waals surface area contributed by atoms with Crippen LogP contribution in [-0.2, 0) is 15.1 Å². The maximum absolute atomic E-state index is 13.1. The summed E-state index contributed by atoms with van der Waals surface area (Å²) >= 11 is 5.17. The molecule has 2 aromatic carbocycles. The molecule has 0 aliphatic carbocycles. The van der Waals surface area contributed by atoms with Crippen LogP contribution in [0.15, 0.2) is 48.5 Å². The molecule has 1 N–H and O–H groups in total. The van der Waals surface area contributed by atoms with Crippen LogP contribution in [0.1, 0.15) is 17.2 Å². The van der Waals surface area contributed by atoms with Crippen molar-refractivity contribution in [2.75, 3.05) is 11.9 Å². The highest BCUT2D eigenvalue weighted by Gasteiger charge is 2.61. The average molecular weight is 355 g/mol. The number of non-ortho nitro benzene ring substituents is 1. The smallest absolute Gasteiger partial charge is 0.269 e. The maximum atomic E-state index is 13.1. The topological polar surface area (TPSA) is 84.7 Å². The van der Waals surface area contributed by atoms with Crippen molar-refractivity contribution < 1.29 is 14.5 Å². The average Bonchev–Trinajstić information content (AvgIpc) is 3.07. The number of fused-ring (bicyclic) bond motifs is 2. The molecular weight excluding hydrogens is 342 g/mol. The summed E-state index contributed by atoms with van der Waals surface area (Å²) in [6.07, 6.45) is -0.793. The van der Waals surface area contributed by atoms with Crippen LogP contribution >= 0.6 is 12.2 Å². The Hall–Kier alpha value is -3.00. The molecule has 4 rings (SSSR count). The molecule has 0 unspecified atom stereocenters. The van der Waals surface area contributed by atoms with Crippen LogP contribution in [0.2, 0.25) is 0 Å². The van der Waals surface area contributed by atoms with Crippen LogP contribution in [0, 0.1) is 10.1 Å². The van der Waals surface area contributed by atoms with E-state index in [-0.39, 0.29) is 16.8 Å². The lowest BCUT2D eigenvalue weighted by atomic mass is 9.83. The molecule has 2 aromatic rings. The highest BCUT2D eigenvalue weighted by molar-refractivity contribution is 7.80. The van der Waals surface area contributed by atoms with Crippen molar-refractivity contribution in [3.63, 3.8) is 0 Å². The lowest BCUT2D eigenvalue weighted by molar-refractivity contribution is -0.385. The Morgan fingerprint density at radius 3 is 2.80 bits per heavy atom. The van der Waals surface area contributed by atoms with Crippen molar-refractivity contribution in [2.24, 2.45) is 0 Å². The zero-order valence-electron chi connectivity index (χ0n) is 13.1. The molecule has 8 heteroatoms. The minimum atomic E-state index is -1.22. The van der Waals surface area contributed by atoms with Gasteiger partial charge in [-0.15, -0.1) is 0 Å². The highest BCUT2D eigenvalue weighted by atomic mass is 32.1. The molecule has 0 aromatic heterocycles. The monoisotopic (exact) mass is 355 g/mol. The molecular formula is C17H13N3O4S. The van der Waals surface area contributed by atoms with E-state index in [1.165, 1.54) is 12.1 Å². The third-order valence-electron chi connectivity index (χ3n) is 4.63. The minimum absolute atomic E-state index is 0.0684. The van der Waals surface area contributed by atoms with Gasteiger partial charge in [-0.1, -0.05) is 30.3 Å². The molecule has 2 atom stereocenters. The number of hydrogen-bond acceptors (Lipinski definition) is 5. The number of thiocarbonyl (C=S) groups is 1. The van der Waals surface area contributed by atoms with E-state index >= 15 is 0 Å². The first-order valence-electron chi connectivity index (χ1n) is 7.56. The minimum Gasteiger partial charge on any atom is -0.459 e. The van der Waals surface area contributed by atoms with E-state index in [9.17, 15) is 14.9 Å². The number of nitrogens with one attached hydrogen (secondary N) is 1. The molecule has 2 heterocycles. The number of rotatable bonds is 2. The number of nitro benzene ring substituents is 1. The quantitative estimate of drug-likeness (QED) is 0.506. The molecule has 7 nitrogen and oxygen atoms in total. The standard InChI is InChI=1S/C17H13N3O4S/c1-19-13-8-3-2-7-12(13)17(15(19)21)14(24-16(25)18-17)10-5-4-6-11(9-10)20(22)23/h2-9,14H,1H3,(H,18,25)/t14-,17-/m0/s1. The Kier molecular flexibility index (Phi) is 3.26. The zero-order valence-corrected chi connectivity index (χ0v) is 13.9. The lowest BCUT2D eigenvalue weighted by Gasteiger charge is -2.27. The predicted molar refractivity (Wildman–Crippen MR) is 94.2 cm³/mol. The SMILES string of the molecule is CN1C(=O)[C@]2(NC(=S)O[C@H]2c2cccc([N+](=O)[O-])c2)c2ccccc21. The number of carbonyl (C=O) groups is 1. The summed E-state index contributed by atoms with van der Waals surface area (Å²) in [5.41, 5.74) is 0.709. The Morgan fingerprint density at radius 2 is 2.04 bits per heavy atom. The van der Waals surface area contributed by atoms with Gasteiger partial charge in [0.05, 0.1) is 4.92 Å². The highest BCUT2D eigenvalue weighted by Crippen LogP contribution is 2.51. The molecule has 0 radical (unpaired) electrons. The number of amides is 1. The van der Waals surface area contributed by atoms with E-state index in [1.807, 2.05) is 24.3 Å². The molecule has 1 spiro atoms. The third-order valence-corrected chi connectivity index (χ3v) is 4.83. The molecule has 1 fully saturated rings. The fourth-order valence-corrected chi connectivity index (χ4v) is 3.79. The normalized spacial score (nSPS) is 24.2. The second-order valence-corrected chi connectivity index (χ2v) is 6.32. The zero-order chi connectivity index (χ0) is 17.8. The van der Waals surface area contributed by atoms with E-state index in [0.717, 1.165) is 11.3 Å². The van der Waals surface area contributed by atoms with Gasteiger partial charge in [0.15, 0.2) is 11.6 Å². The van der Waals surface area contributed by atoms with Crippen molar-refractivity contribution in [1.29, 1.82) is 0 Å². The number of anilines is 1. The summed E-state index contributed by atoms with van der Waals surface area (Å²) in [5.74, 6) is -0.218. The molecule has 126 valence electrons. The number of nitro groups is 1. The van der Waals surface area contributed by atoms with Crippen LogP contribution < -0.4 is 10.2 Å². The maximum Gasteiger partial charge on any atom is 0.269 e. The molecule has 2 aliphatic rings. The van der Waals surface area contributed by atoms with Crippen LogP contribution in [0.3, 0.4) is 0 Å². The van der Waals surface area contributed by atoms with E-state index < -0.39 is 16.6 Å². The second kappa shape index (κ2) is 5.25. The summed E-state index contributed by atoms with van der Waals surface area (Å²) in [6.45, 7) is 0. The van der Waals surface area contributed by atoms with Crippen LogP contribution in [0.5, 0.6) is 0 Å². The molecule has 0 bridgehead atoms. The van der Waals surface area contributed by atoms with Gasteiger partial charge in [0.25, 0.3) is 16.8 Å². The van der Waals surface area contributed by atoms with Gasteiger partial charge in [-0.3, -0.25) is 14.9 Å². The van der Waals surface area contributed by atoms with Crippen LogP contribution in [-0.4, -0.2) is 23.1 Å². The molecule has 2 aliphatic heterocycles. The number of ether oxygens (including phenoxy) is 1. The van der Waals surface area contributed by atoms with Crippen molar-refractivity contribution in [1.82, 2.24) is 5.32 Å². The van der Waals surface area contributed by atoms with Crippen molar-refractivity contribution >= 4 is 34.7 Å². The molecule has 1 amide bonds. The molecule has 25 heavy (non-hydrogen) atoms. The fraction of sp³-hybridized carbons (Fsp3) is 0.176. The van der Waals surface area contributed by atoms with E-state index in [1.54, 1.807) is 24.1 Å². The number of hydrogen-bond donors (Lipinski definition) is 1. The van der Waals surface area contributed by atoms with Gasteiger partial charge in [-0.2, -0.15) is 0 Å². The van der Waals surface area contributed by atoms with Gasteiger partial charge >= 0.3 is 0 Å². The first-order chi connectivity index (χ1) is 11.9. The van der Waals surface area contributed by atoms with Crippen molar-refractivity contribution in [3.8, 4) is 0 Å². The summed E-state index contributed by atoms with van der Waals surface area (Å²) in [4.78, 5) is 25.3. The first-order valence-corrected chi connectivity index (χ1v) is 7.97. The first kappa shape index (κ1) is 15.5. The Morgan fingerprint density at radius 1 is 1.28 bits per heavy atom. The van der Waals surface area contributed by atoms with Gasteiger partial charge < -0.3 is 15.0 Å². The van der Waals surface area contributed by atoms with E-state index in [2.05, 4.69) is 5.32 Å². The number of benzene rings is 2. The Labute approximate surface area is 148 Å². The summed E-state index contributed by atoms with van der Waals surface area (Å²) < 4.78 is 5.75. The van der Waals surface area contributed by atoms with Crippen molar-refractivity contribution in [3.05, 3.63) is 69.8 Å². The largest absolute Gasteiger partial charge is 0.459 e. The van der Waals surface area contributed by atoms with Crippen molar-refractivity contribution in [2.45, 2.75) is 11.6 Å². The number of nitrogens with zero attached hydrogens (tertiary/aromatic N) is 2. The van der Waals surface area contributed by atoms with Crippen LogP contribution in [0.4, 0.5) is 11.4 Å². The molecule has 1 saturated heterocycles. The number of likely N-dealkylation sites (N-methyl/N-ethyl adjacent to an activating group) is 1. The van der Waals surface area contributed by atoms with Crippen LogP contribution in [0.25, 0.3) is 0 Å². The van der Waals surface area contributed by atoms with Gasteiger partial charge in [0.1, 0.15) is 0 Å². The summed E-state index contributed by atoms with van der Waals surface area (Å²) in [6, 6.07) is 13.4. The summed E-state index contributed by atoms with van der Waals surface area (Å²) in [5, 5.41) is 14.2. The lowest BCUT2D eigenvalue weighted by Crippen LogP contribution is -2.49.